The number of aromatic nitrogens is 4. The van der Waals surface area contributed by atoms with Crippen molar-refractivity contribution in [3.05, 3.63) is 91.0 Å². The van der Waals surface area contributed by atoms with Crippen LogP contribution in [0, 0.1) is 18.8 Å². The van der Waals surface area contributed by atoms with E-state index in [1.165, 1.54) is 6.08 Å². The first kappa shape index (κ1) is 25.1. The van der Waals surface area contributed by atoms with Gasteiger partial charge < -0.3 is 19.5 Å². The Hall–Kier alpha value is -5.16. The Balaban J connectivity index is 1.22. The van der Waals surface area contributed by atoms with E-state index >= 15 is 0 Å². The fraction of sp³-hybridized carbons (Fsp3) is 0.188. The maximum atomic E-state index is 12.1. The summed E-state index contributed by atoms with van der Waals surface area (Å²) in [5.41, 5.74) is 5.46. The Bertz CT molecular complexity index is 1830. The third-order valence-electron chi connectivity index (χ3n) is 7.09. The van der Waals surface area contributed by atoms with Crippen molar-refractivity contribution in [2.75, 3.05) is 11.9 Å². The largest absolute Gasteiger partial charge is 0.457 e. The van der Waals surface area contributed by atoms with Gasteiger partial charge in [0.25, 0.3) is 0 Å². The number of fused-ring (bicyclic) bond motifs is 2. The number of nitrogens with zero attached hydrogens (tertiary/aromatic N) is 5. The van der Waals surface area contributed by atoms with E-state index in [9.17, 15) is 4.79 Å². The SMILES string of the molecule is C=CC(=O)N1CCC[C@@H]1C#Cc1ccc2ncnc(Nc3ccc(Oc4ccc5c(c4)ncn5C)c(C)c3)c2c1. The minimum Gasteiger partial charge on any atom is -0.457 e. The van der Waals surface area contributed by atoms with Gasteiger partial charge in [-0.2, -0.15) is 0 Å². The van der Waals surface area contributed by atoms with Crippen LogP contribution >= 0.6 is 0 Å². The van der Waals surface area contributed by atoms with E-state index in [1.807, 2.05) is 73.1 Å². The summed E-state index contributed by atoms with van der Waals surface area (Å²) in [6, 6.07) is 17.6. The second-order valence-electron chi connectivity index (χ2n) is 9.83. The summed E-state index contributed by atoms with van der Waals surface area (Å²) >= 11 is 0. The maximum Gasteiger partial charge on any atom is 0.246 e. The number of nitrogens with one attached hydrogen (secondary N) is 1. The zero-order valence-corrected chi connectivity index (χ0v) is 22.4. The minimum atomic E-state index is -0.0969. The Morgan fingerprint density at radius 2 is 2.00 bits per heavy atom. The van der Waals surface area contributed by atoms with Crippen molar-refractivity contribution in [3.63, 3.8) is 0 Å². The molecule has 0 bridgehead atoms. The molecule has 3 heterocycles. The van der Waals surface area contributed by atoms with Crippen LogP contribution < -0.4 is 10.1 Å². The molecular weight excluding hydrogens is 500 g/mol. The molecule has 8 heteroatoms. The van der Waals surface area contributed by atoms with Gasteiger partial charge in [0.05, 0.1) is 28.9 Å². The van der Waals surface area contributed by atoms with Crippen molar-refractivity contribution in [1.82, 2.24) is 24.4 Å². The van der Waals surface area contributed by atoms with Gasteiger partial charge >= 0.3 is 0 Å². The molecule has 0 aliphatic carbocycles. The lowest BCUT2D eigenvalue weighted by Crippen LogP contribution is -2.33. The van der Waals surface area contributed by atoms with Crippen LogP contribution in [0.1, 0.15) is 24.0 Å². The highest BCUT2D eigenvalue weighted by Crippen LogP contribution is 2.31. The molecule has 6 rings (SSSR count). The highest BCUT2D eigenvalue weighted by Gasteiger charge is 2.25. The molecule has 1 N–H and O–H groups in total. The quantitative estimate of drug-likeness (QED) is 0.226. The topological polar surface area (TPSA) is 85.2 Å². The number of aryl methyl sites for hydroxylation is 2. The monoisotopic (exact) mass is 528 g/mol. The number of hydrogen-bond donors (Lipinski definition) is 1. The van der Waals surface area contributed by atoms with E-state index in [-0.39, 0.29) is 11.9 Å². The van der Waals surface area contributed by atoms with Gasteiger partial charge in [-0.25, -0.2) is 15.0 Å². The molecule has 0 unspecified atom stereocenters. The maximum absolute atomic E-state index is 12.1. The summed E-state index contributed by atoms with van der Waals surface area (Å²) in [6.45, 7) is 6.33. The lowest BCUT2D eigenvalue weighted by Gasteiger charge is -2.18. The average Bonchev–Trinajstić information content (AvgIpc) is 3.59. The average molecular weight is 529 g/mol. The molecule has 40 heavy (non-hydrogen) atoms. The van der Waals surface area contributed by atoms with E-state index in [0.29, 0.717) is 12.4 Å². The zero-order chi connectivity index (χ0) is 27.6. The first-order valence-electron chi connectivity index (χ1n) is 13.1. The molecule has 1 aliphatic rings. The van der Waals surface area contributed by atoms with Crippen LogP contribution in [0.2, 0.25) is 0 Å². The second-order valence-corrected chi connectivity index (χ2v) is 9.83. The molecule has 1 saturated heterocycles. The fourth-order valence-corrected chi connectivity index (χ4v) is 4.98. The van der Waals surface area contributed by atoms with Crippen molar-refractivity contribution >= 4 is 39.3 Å². The normalized spacial score (nSPS) is 14.7. The first-order chi connectivity index (χ1) is 19.5. The summed E-state index contributed by atoms with van der Waals surface area (Å²) in [6.07, 6.45) is 6.51. The smallest absolute Gasteiger partial charge is 0.246 e. The fourth-order valence-electron chi connectivity index (χ4n) is 4.98. The number of likely N-dealkylation sites (tertiary alicyclic amines) is 1. The number of amides is 1. The number of carbonyl (C=O) groups is 1. The highest BCUT2D eigenvalue weighted by molar-refractivity contribution is 5.92. The van der Waals surface area contributed by atoms with Crippen molar-refractivity contribution < 1.29 is 9.53 Å². The molecule has 1 amide bonds. The van der Waals surface area contributed by atoms with Crippen LogP contribution in [0.25, 0.3) is 21.9 Å². The molecule has 2 aromatic heterocycles. The van der Waals surface area contributed by atoms with E-state index < -0.39 is 0 Å². The standard InChI is InChI=1S/C32H28N6O2/c1-4-31(39)38-15-5-6-24(38)10-7-22-8-12-27-26(17-22)32(34-19-33-27)36-23-9-14-30(21(2)16-23)40-25-11-13-29-28(18-25)35-20-37(29)3/h4,8-9,11-14,16-20,24H,1,5-6,15H2,2-3H3,(H,33,34,36)/t24-/m1/s1. The molecule has 1 atom stereocenters. The summed E-state index contributed by atoms with van der Waals surface area (Å²) in [7, 11) is 1.97. The Kier molecular flexibility index (Phi) is 6.62. The van der Waals surface area contributed by atoms with E-state index in [2.05, 4.69) is 38.7 Å². The highest BCUT2D eigenvalue weighted by atomic mass is 16.5. The number of rotatable bonds is 5. The van der Waals surface area contributed by atoms with E-state index in [4.69, 9.17) is 4.74 Å². The summed E-state index contributed by atoms with van der Waals surface area (Å²) in [5, 5.41) is 4.29. The molecular formula is C32H28N6O2. The number of hydrogen-bond acceptors (Lipinski definition) is 6. The number of benzene rings is 3. The Labute approximate surface area is 232 Å². The molecule has 198 valence electrons. The van der Waals surface area contributed by atoms with Crippen LogP contribution in [0.15, 0.2) is 79.9 Å². The second kappa shape index (κ2) is 10.5. The van der Waals surface area contributed by atoms with Crippen LogP contribution in [-0.2, 0) is 11.8 Å². The van der Waals surface area contributed by atoms with Gasteiger partial charge in [0.15, 0.2) is 0 Å². The number of imidazole rings is 1. The zero-order valence-electron chi connectivity index (χ0n) is 22.4. The predicted molar refractivity (Wildman–Crippen MR) is 157 cm³/mol. The molecule has 8 nitrogen and oxygen atoms in total. The molecule has 0 radical (unpaired) electrons. The Morgan fingerprint density at radius 1 is 1.10 bits per heavy atom. The number of carbonyl (C=O) groups excluding carboxylic acids is 1. The van der Waals surface area contributed by atoms with Gasteiger partial charge in [-0.1, -0.05) is 18.4 Å². The van der Waals surface area contributed by atoms with Crippen LogP contribution in [0.5, 0.6) is 11.5 Å². The van der Waals surface area contributed by atoms with Gasteiger partial charge in [-0.15, -0.1) is 0 Å². The summed E-state index contributed by atoms with van der Waals surface area (Å²) < 4.78 is 8.15. The van der Waals surface area contributed by atoms with Crippen LogP contribution in [0.4, 0.5) is 11.5 Å². The van der Waals surface area contributed by atoms with Crippen molar-refractivity contribution in [2.45, 2.75) is 25.8 Å². The van der Waals surface area contributed by atoms with Gasteiger partial charge in [-0.3, -0.25) is 4.79 Å². The summed E-state index contributed by atoms with van der Waals surface area (Å²) in [4.78, 5) is 27.2. The molecule has 0 saturated carbocycles. The van der Waals surface area contributed by atoms with E-state index in [1.54, 1.807) is 17.6 Å². The molecule has 0 spiro atoms. The van der Waals surface area contributed by atoms with Gasteiger partial charge in [0, 0.05) is 36.3 Å². The lowest BCUT2D eigenvalue weighted by atomic mass is 10.1. The first-order valence-corrected chi connectivity index (χ1v) is 13.1. The molecule has 5 aromatic rings. The third-order valence-corrected chi connectivity index (χ3v) is 7.09. The third kappa shape index (κ3) is 4.97. The molecule has 1 aliphatic heterocycles. The van der Waals surface area contributed by atoms with Crippen molar-refractivity contribution in [1.29, 1.82) is 0 Å². The number of ether oxygens (including phenoxy) is 1. The number of anilines is 2. The minimum absolute atomic E-state index is 0.0730. The summed E-state index contributed by atoms with van der Waals surface area (Å²) in [5.74, 6) is 8.63. The van der Waals surface area contributed by atoms with Gasteiger partial charge in [0.1, 0.15) is 23.6 Å². The van der Waals surface area contributed by atoms with Crippen molar-refractivity contribution in [2.24, 2.45) is 7.05 Å². The molecule has 3 aromatic carbocycles. The molecule has 1 fully saturated rings. The van der Waals surface area contributed by atoms with Gasteiger partial charge in [-0.05, 0) is 79.9 Å². The predicted octanol–water partition coefficient (Wildman–Crippen LogP) is 5.89. The van der Waals surface area contributed by atoms with E-state index in [0.717, 1.165) is 63.1 Å². The van der Waals surface area contributed by atoms with Crippen LogP contribution in [0.3, 0.4) is 0 Å². The van der Waals surface area contributed by atoms with Crippen LogP contribution in [-0.4, -0.2) is 42.9 Å². The van der Waals surface area contributed by atoms with Crippen molar-refractivity contribution in [3.8, 4) is 23.3 Å². The Morgan fingerprint density at radius 3 is 2.85 bits per heavy atom. The van der Waals surface area contributed by atoms with Gasteiger partial charge in [0.2, 0.25) is 5.91 Å². The lowest BCUT2D eigenvalue weighted by molar-refractivity contribution is -0.125.